The lowest BCUT2D eigenvalue weighted by Gasteiger charge is -2.09. The van der Waals surface area contributed by atoms with Gasteiger partial charge in [0.1, 0.15) is 17.3 Å². The van der Waals surface area contributed by atoms with Gasteiger partial charge in [-0.05, 0) is 43.3 Å². The van der Waals surface area contributed by atoms with E-state index in [0.717, 1.165) is 0 Å². The lowest BCUT2D eigenvalue weighted by atomic mass is 10.1. The van der Waals surface area contributed by atoms with E-state index >= 15 is 0 Å². The molecule has 6 nitrogen and oxygen atoms in total. The molecule has 0 aliphatic heterocycles. The molecule has 0 fully saturated rings. The number of aromatic hydroxyl groups is 3. The number of aromatic amines is 1. The Kier molecular flexibility index (Phi) is 3.53. The van der Waals surface area contributed by atoms with Crippen molar-refractivity contribution >= 4 is 0 Å². The fraction of sp³-hybridized carbons (Fsp3) is 0.0625. The Morgan fingerprint density at radius 3 is 2.39 bits per heavy atom. The van der Waals surface area contributed by atoms with Crippen LogP contribution in [0.1, 0.15) is 5.69 Å². The first-order chi connectivity index (χ1) is 11.0. The molecule has 1 aromatic heterocycles. The highest BCUT2D eigenvalue weighted by Gasteiger charge is 2.21. The molecular formula is C16H13FN2O4. The van der Waals surface area contributed by atoms with E-state index < -0.39 is 17.2 Å². The number of phenols is 3. The Morgan fingerprint density at radius 2 is 1.70 bits per heavy atom. The lowest BCUT2D eigenvalue weighted by molar-refractivity contribution is 0.368. The lowest BCUT2D eigenvalue weighted by Crippen LogP contribution is -1.89. The number of phenolic OH excluding ortho intramolecular Hbond substituents is 3. The van der Waals surface area contributed by atoms with Crippen molar-refractivity contribution in [3.63, 3.8) is 0 Å². The number of hydrogen-bond donors (Lipinski definition) is 4. The predicted octanol–water partition coefficient (Wildman–Crippen LogP) is 3.43. The highest BCUT2D eigenvalue weighted by atomic mass is 19.1. The molecule has 3 rings (SSSR count). The second-order valence-corrected chi connectivity index (χ2v) is 4.91. The van der Waals surface area contributed by atoms with Gasteiger partial charge in [0.25, 0.3) is 0 Å². The zero-order valence-corrected chi connectivity index (χ0v) is 12.0. The van der Waals surface area contributed by atoms with Crippen molar-refractivity contribution in [3.05, 3.63) is 47.9 Å². The molecule has 1 heterocycles. The largest absolute Gasteiger partial charge is 0.504 e. The van der Waals surface area contributed by atoms with E-state index in [0.29, 0.717) is 17.2 Å². The van der Waals surface area contributed by atoms with Gasteiger partial charge in [0.2, 0.25) is 5.75 Å². The smallest absolute Gasteiger partial charge is 0.200 e. The van der Waals surface area contributed by atoms with Crippen LogP contribution in [0.4, 0.5) is 4.39 Å². The number of rotatable bonds is 3. The van der Waals surface area contributed by atoms with Crippen LogP contribution in [-0.4, -0.2) is 25.5 Å². The van der Waals surface area contributed by atoms with Crippen LogP contribution in [0.25, 0.3) is 11.3 Å². The zero-order chi connectivity index (χ0) is 16.6. The number of hydrogen-bond acceptors (Lipinski definition) is 5. The molecule has 118 valence electrons. The number of nitrogens with zero attached hydrogens (tertiary/aromatic N) is 1. The summed E-state index contributed by atoms with van der Waals surface area (Å²) in [6.45, 7) is 1.71. The summed E-state index contributed by atoms with van der Waals surface area (Å²) in [5.74, 6) is -1.28. The van der Waals surface area contributed by atoms with Gasteiger partial charge in [0, 0.05) is 0 Å². The molecule has 0 amide bonds. The standard InChI is InChI=1S/C16H13FN2O4/c1-8-16(23-10-4-2-9(17)3-5-10)13(19-18-8)11-6-7-12(20)15(22)14(11)21/h2-7,20-22H,1H3,(H,18,19). The normalized spacial score (nSPS) is 10.7. The minimum absolute atomic E-state index is 0.182. The van der Waals surface area contributed by atoms with Gasteiger partial charge in [-0.15, -0.1) is 0 Å². The minimum Gasteiger partial charge on any atom is -0.504 e. The van der Waals surface area contributed by atoms with E-state index in [1.165, 1.54) is 36.4 Å². The quantitative estimate of drug-likeness (QED) is 0.555. The van der Waals surface area contributed by atoms with Crippen molar-refractivity contribution in [2.24, 2.45) is 0 Å². The van der Waals surface area contributed by atoms with Crippen molar-refractivity contribution in [3.8, 4) is 40.0 Å². The van der Waals surface area contributed by atoms with Crippen molar-refractivity contribution in [2.75, 3.05) is 0 Å². The summed E-state index contributed by atoms with van der Waals surface area (Å²) in [7, 11) is 0. The number of nitrogens with one attached hydrogen (secondary N) is 1. The Morgan fingerprint density at radius 1 is 1.00 bits per heavy atom. The fourth-order valence-electron chi connectivity index (χ4n) is 2.11. The van der Waals surface area contributed by atoms with E-state index in [4.69, 9.17) is 4.74 Å². The highest BCUT2D eigenvalue weighted by Crippen LogP contribution is 2.45. The predicted molar refractivity (Wildman–Crippen MR) is 80.2 cm³/mol. The molecule has 0 aliphatic rings. The first-order valence-electron chi connectivity index (χ1n) is 6.70. The number of halogens is 1. The van der Waals surface area contributed by atoms with Crippen LogP contribution in [0.3, 0.4) is 0 Å². The molecule has 3 aromatic rings. The summed E-state index contributed by atoms with van der Waals surface area (Å²) in [4.78, 5) is 0. The Bertz CT molecular complexity index is 859. The van der Waals surface area contributed by atoms with E-state index in [1.54, 1.807) is 6.92 Å². The van der Waals surface area contributed by atoms with Crippen LogP contribution in [0.15, 0.2) is 36.4 Å². The van der Waals surface area contributed by atoms with Gasteiger partial charge < -0.3 is 20.1 Å². The molecule has 0 atom stereocenters. The number of aryl methyl sites for hydroxylation is 1. The molecule has 7 heteroatoms. The molecule has 0 spiro atoms. The first kappa shape index (κ1) is 14.7. The molecule has 0 aliphatic carbocycles. The average molecular weight is 316 g/mol. The maximum Gasteiger partial charge on any atom is 0.200 e. The molecule has 0 bridgehead atoms. The van der Waals surface area contributed by atoms with Crippen LogP contribution in [0.5, 0.6) is 28.7 Å². The molecule has 23 heavy (non-hydrogen) atoms. The van der Waals surface area contributed by atoms with Crippen molar-refractivity contribution in [1.29, 1.82) is 0 Å². The molecular weight excluding hydrogens is 303 g/mol. The maximum absolute atomic E-state index is 13.0. The van der Waals surface area contributed by atoms with Gasteiger partial charge in [0.05, 0.1) is 11.3 Å². The minimum atomic E-state index is -0.643. The number of H-pyrrole nitrogens is 1. The van der Waals surface area contributed by atoms with Gasteiger partial charge >= 0.3 is 0 Å². The van der Waals surface area contributed by atoms with Crippen molar-refractivity contribution in [2.45, 2.75) is 6.92 Å². The summed E-state index contributed by atoms with van der Waals surface area (Å²) in [5, 5.41) is 35.8. The van der Waals surface area contributed by atoms with Gasteiger partial charge in [-0.1, -0.05) is 0 Å². The molecule has 2 aromatic carbocycles. The molecule has 0 saturated heterocycles. The van der Waals surface area contributed by atoms with Gasteiger partial charge in [0.15, 0.2) is 17.2 Å². The summed E-state index contributed by atoms with van der Waals surface area (Å²) < 4.78 is 18.7. The average Bonchev–Trinajstić information content (AvgIpc) is 2.88. The van der Waals surface area contributed by atoms with E-state index in [-0.39, 0.29) is 17.1 Å². The Labute approximate surface area is 130 Å². The molecule has 0 saturated carbocycles. The molecule has 0 radical (unpaired) electrons. The van der Waals surface area contributed by atoms with Gasteiger partial charge in [-0.25, -0.2) is 4.39 Å². The zero-order valence-electron chi connectivity index (χ0n) is 12.0. The summed E-state index contributed by atoms with van der Waals surface area (Å²) >= 11 is 0. The molecule has 4 N–H and O–H groups in total. The Balaban J connectivity index is 2.05. The first-order valence-corrected chi connectivity index (χ1v) is 6.70. The topological polar surface area (TPSA) is 98.6 Å². The van der Waals surface area contributed by atoms with Crippen LogP contribution < -0.4 is 4.74 Å². The van der Waals surface area contributed by atoms with E-state index in [2.05, 4.69) is 10.2 Å². The third kappa shape index (κ3) is 2.64. The third-order valence-corrected chi connectivity index (χ3v) is 3.31. The number of benzene rings is 2. The number of aromatic nitrogens is 2. The van der Waals surface area contributed by atoms with E-state index in [1.807, 2.05) is 0 Å². The van der Waals surface area contributed by atoms with Crippen LogP contribution >= 0.6 is 0 Å². The van der Waals surface area contributed by atoms with Crippen LogP contribution in [0.2, 0.25) is 0 Å². The van der Waals surface area contributed by atoms with E-state index in [9.17, 15) is 19.7 Å². The van der Waals surface area contributed by atoms with Crippen LogP contribution in [0, 0.1) is 12.7 Å². The summed E-state index contributed by atoms with van der Waals surface area (Å²) in [6, 6.07) is 8.07. The maximum atomic E-state index is 13.0. The SMILES string of the molecule is Cc1[nH]nc(-c2ccc(O)c(O)c2O)c1Oc1ccc(F)cc1. The molecule has 0 unspecified atom stereocenters. The number of ether oxygens (including phenoxy) is 1. The summed E-state index contributed by atoms with van der Waals surface area (Å²) in [6.07, 6.45) is 0. The van der Waals surface area contributed by atoms with Crippen molar-refractivity contribution in [1.82, 2.24) is 10.2 Å². The van der Waals surface area contributed by atoms with Crippen LogP contribution in [-0.2, 0) is 0 Å². The highest BCUT2D eigenvalue weighted by molar-refractivity contribution is 5.77. The second kappa shape index (κ2) is 5.53. The Hall–Kier alpha value is -3.22. The summed E-state index contributed by atoms with van der Waals surface area (Å²) in [5.41, 5.74) is 1.01. The second-order valence-electron chi connectivity index (χ2n) is 4.91. The van der Waals surface area contributed by atoms with Gasteiger partial charge in [-0.3, -0.25) is 5.10 Å². The van der Waals surface area contributed by atoms with Gasteiger partial charge in [-0.2, -0.15) is 5.10 Å². The third-order valence-electron chi connectivity index (χ3n) is 3.31. The fourth-order valence-corrected chi connectivity index (χ4v) is 2.11. The monoisotopic (exact) mass is 316 g/mol. The van der Waals surface area contributed by atoms with Crippen molar-refractivity contribution < 1.29 is 24.4 Å².